The monoisotopic (exact) mass is 610 g/mol. The molecule has 0 aromatic rings. The van der Waals surface area contributed by atoms with Gasteiger partial charge in [0.05, 0.1) is 12.2 Å². The predicted octanol–water partition coefficient (Wildman–Crippen LogP) is 1.29. The van der Waals surface area contributed by atoms with Gasteiger partial charge in [-0.1, -0.05) is 20.8 Å². The molecule has 2 N–H and O–H groups in total. The molecule has 2 saturated heterocycles. The number of fused-ring (bicyclic) bond motifs is 1. The maximum Gasteiger partial charge on any atom is 0.342 e. The largest absolute Gasteiger partial charge is 0.459 e. The summed E-state index contributed by atoms with van der Waals surface area (Å²) in [6.07, 6.45) is -7.68. The van der Waals surface area contributed by atoms with Gasteiger partial charge in [-0.3, -0.25) is 19.2 Å². The molecule has 1 spiro atoms. The number of rotatable bonds is 6. The van der Waals surface area contributed by atoms with E-state index in [1.54, 1.807) is 27.7 Å². The van der Waals surface area contributed by atoms with Crippen LogP contribution in [-0.2, 0) is 52.4 Å². The fraction of sp³-hybridized carbons (Fsp3) is 0.767. The van der Waals surface area contributed by atoms with E-state index in [0.717, 1.165) is 13.8 Å². The van der Waals surface area contributed by atoms with Gasteiger partial charge in [-0.2, -0.15) is 0 Å². The van der Waals surface area contributed by atoms with E-state index < -0.39 is 101 Å². The minimum atomic E-state index is -1.64. The van der Waals surface area contributed by atoms with Crippen molar-refractivity contribution in [1.29, 1.82) is 0 Å². The second-order valence-electron chi connectivity index (χ2n) is 12.5. The Kier molecular flexibility index (Phi) is 8.77. The fourth-order valence-electron chi connectivity index (χ4n) is 7.48. The van der Waals surface area contributed by atoms with Gasteiger partial charge in [-0.25, -0.2) is 4.79 Å². The minimum Gasteiger partial charge on any atom is -0.459 e. The van der Waals surface area contributed by atoms with Crippen molar-refractivity contribution in [1.82, 2.24) is 0 Å². The topological polar surface area (TPSA) is 184 Å². The first-order chi connectivity index (χ1) is 19.9. The summed E-state index contributed by atoms with van der Waals surface area (Å²) in [5.41, 5.74) is -4.56. The van der Waals surface area contributed by atoms with E-state index >= 15 is 0 Å². The summed E-state index contributed by atoms with van der Waals surface area (Å²) in [5, 5.41) is 23.0. The van der Waals surface area contributed by atoms with E-state index in [1.165, 1.54) is 19.9 Å². The molecule has 4 rings (SSSR count). The molecule has 43 heavy (non-hydrogen) atoms. The Morgan fingerprint density at radius 2 is 1.56 bits per heavy atom. The van der Waals surface area contributed by atoms with Crippen LogP contribution in [0, 0.1) is 17.3 Å². The van der Waals surface area contributed by atoms with Crippen LogP contribution < -0.4 is 0 Å². The van der Waals surface area contributed by atoms with Crippen molar-refractivity contribution in [3.63, 3.8) is 0 Å². The maximum atomic E-state index is 13.2. The summed E-state index contributed by atoms with van der Waals surface area (Å²) < 4.78 is 35.4. The number of hydrogen-bond acceptors (Lipinski definition) is 13. The van der Waals surface area contributed by atoms with Crippen LogP contribution in [0.25, 0.3) is 0 Å². The number of carbonyl (C=O) groups excluding carboxylic acids is 5. The van der Waals surface area contributed by atoms with Crippen molar-refractivity contribution in [3.8, 4) is 0 Å². The SMILES string of the molecule is CCCC(=O)O[C@H]1[C@H](OC(C)=O)/C(C)=C\[C@@H]2OC(=O)[C@]3(C)O[C@]23[C@@H](OC(C)=O)[C@H]2[C@@H](C)[C@@H](O)C[C@H](O)[C@]2(C)[C@H]1OC(C)=O. The molecule has 1 saturated carbocycles. The highest BCUT2D eigenvalue weighted by Gasteiger charge is 2.87. The van der Waals surface area contributed by atoms with Crippen molar-refractivity contribution in [2.45, 2.75) is 129 Å². The highest BCUT2D eigenvalue weighted by Crippen LogP contribution is 2.65. The molecule has 2 aliphatic heterocycles. The van der Waals surface area contributed by atoms with Crippen molar-refractivity contribution in [3.05, 3.63) is 11.6 Å². The molecule has 2 heterocycles. The molecule has 0 bridgehead atoms. The van der Waals surface area contributed by atoms with E-state index in [9.17, 15) is 34.2 Å². The molecule has 0 aromatic heterocycles. The van der Waals surface area contributed by atoms with Crippen LogP contribution in [0.1, 0.15) is 74.7 Å². The third kappa shape index (κ3) is 5.22. The van der Waals surface area contributed by atoms with Gasteiger partial charge in [0.1, 0.15) is 6.10 Å². The first kappa shape index (κ1) is 32.9. The Morgan fingerprint density at radius 3 is 2.09 bits per heavy atom. The zero-order valence-electron chi connectivity index (χ0n) is 25.8. The number of aliphatic hydroxyl groups excluding tert-OH is 2. The van der Waals surface area contributed by atoms with Crippen LogP contribution in [0.15, 0.2) is 11.6 Å². The van der Waals surface area contributed by atoms with Crippen molar-refractivity contribution < 1.29 is 62.6 Å². The second-order valence-corrected chi connectivity index (χ2v) is 12.5. The molecule has 3 fully saturated rings. The van der Waals surface area contributed by atoms with E-state index in [0.29, 0.717) is 6.42 Å². The Morgan fingerprint density at radius 1 is 0.977 bits per heavy atom. The molecule has 240 valence electrons. The Labute approximate surface area is 250 Å². The lowest BCUT2D eigenvalue weighted by Gasteiger charge is -2.57. The van der Waals surface area contributed by atoms with Crippen LogP contribution in [0.5, 0.6) is 0 Å². The minimum absolute atomic E-state index is 0.0116. The highest BCUT2D eigenvalue weighted by atomic mass is 16.7. The van der Waals surface area contributed by atoms with Gasteiger partial charge in [-0.15, -0.1) is 0 Å². The van der Waals surface area contributed by atoms with E-state index in [2.05, 4.69) is 0 Å². The summed E-state index contributed by atoms with van der Waals surface area (Å²) in [5.74, 6) is -5.50. The maximum absolute atomic E-state index is 13.2. The molecular weight excluding hydrogens is 568 g/mol. The summed E-state index contributed by atoms with van der Waals surface area (Å²) in [6, 6.07) is 0. The average Bonchev–Trinajstić information content (AvgIpc) is 3.48. The normalized spacial score (nSPS) is 44.7. The number of aliphatic hydroxyl groups is 2. The Hall–Kier alpha value is -3.03. The summed E-state index contributed by atoms with van der Waals surface area (Å²) >= 11 is 0. The number of ether oxygens (including phenoxy) is 6. The predicted molar refractivity (Wildman–Crippen MR) is 145 cm³/mol. The number of epoxide rings is 1. The van der Waals surface area contributed by atoms with Gasteiger partial charge in [0, 0.05) is 44.9 Å². The van der Waals surface area contributed by atoms with E-state index in [-0.39, 0.29) is 18.4 Å². The van der Waals surface area contributed by atoms with Gasteiger partial charge >= 0.3 is 29.8 Å². The second kappa shape index (κ2) is 11.5. The Bertz CT molecular complexity index is 1210. The van der Waals surface area contributed by atoms with Crippen LogP contribution in [-0.4, -0.2) is 94.0 Å². The van der Waals surface area contributed by atoms with Gasteiger partial charge in [0.25, 0.3) is 0 Å². The molecule has 0 amide bonds. The van der Waals surface area contributed by atoms with E-state index in [1.807, 2.05) is 0 Å². The number of carbonyl (C=O) groups is 5. The highest BCUT2D eigenvalue weighted by molar-refractivity contribution is 5.89. The zero-order chi connectivity index (χ0) is 32.2. The first-order valence-corrected chi connectivity index (χ1v) is 14.6. The molecule has 2 aliphatic carbocycles. The summed E-state index contributed by atoms with van der Waals surface area (Å²) in [7, 11) is 0. The molecule has 13 nitrogen and oxygen atoms in total. The smallest absolute Gasteiger partial charge is 0.342 e. The summed E-state index contributed by atoms with van der Waals surface area (Å²) in [4.78, 5) is 64.1. The first-order valence-electron chi connectivity index (χ1n) is 14.6. The van der Waals surface area contributed by atoms with Crippen LogP contribution >= 0.6 is 0 Å². The van der Waals surface area contributed by atoms with E-state index in [4.69, 9.17) is 28.4 Å². The van der Waals surface area contributed by atoms with Gasteiger partial charge in [-0.05, 0) is 37.8 Å². The zero-order valence-corrected chi connectivity index (χ0v) is 25.8. The quantitative estimate of drug-likeness (QED) is 0.190. The standard InChI is InChI=1S/C30H42O13/c1-9-10-21(36)42-24-23(38-15(4)31)13(2)11-20-30(29(8,43-30)27(37)41-20)25(39-16(5)32)22-14(3)18(34)12-19(35)28(22,7)26(24)40-17(6)33/h11,14,18-20,22-26,34-35H,9-10,12H2,1-8H3/b13-11-/t14-,18-,19-,20-,22+,23+,24-,25-,26-,28-,29-,30-/m0/s1. The van der Waals surface area contributed by atoms with Gasteiger partial charge < -0.3 is 38.6 Å². The molecule has 4 aliphatic rings. The number of esters is 5. The molecule has 0 radical (unpaired) electrons. The third-order valence-electron chi connectivity index (χ3n) is 9.62. The average molecular weight is 611 g/mol. The fourth-order valence-corrected chi connectivity index (χ4v) is 7.48. The molecule has 0 aromatic carbocycles. The molecular formula is C30H42O13. The number of hydrogen-bond donors (Lipinski definition) is 2. The lowest BCUT2D eigenvalue weighted by molar-refractivity contribution is -0.247. The van der Waals surface area contributed by atoms with Crippen molar-refractivity contribution in [2.75, 3.05) is 0 Å². The molecule has 12 atom stereocenters. The van der Waals surface area contributed by atoms with Gasteiger partial charge in [0.15, 0.2) is 35.6 Å². The lowest BCUT2D eigenvalue weighted by Crippen LogP contribution is -2.68. The van der Waals surface area contributed by atoms with Crippen LogP contribution in [0.3, 0.4) is 0 Å². The van der Waals surface area contributed by atoms with Gasteiger partial charge in [0.2, 0.25) is 0 Å². The Balaban J connectivity index is 2.09. The van der Waals surface area contributed by atoms with Crippen molar-refractivity contribution in [2.24, 2.45) is 17.3 Å². The summed E-state index contributed by atoms with van der Waals surface area (Å²) in [6.45, 7) is 11.6. The van der Waals surface area contributed by atoms with Crippen LogP contribution in [0.4, 0.5) is 0 Å². The lowest BCUT2D eigenvalue weighted by atomic mass is 9.53. The van der Waals surface area contributed by atoms with Crippen LogP contribution in [0.2, 0.25) is 0 Å². The van der Waals surface area contributed by atoms with Crippen molar-refractivity contribution >= 4 is 29.8 Å². The molecule has 0 unspecified atom stereocenters. The molecule has 13 heteroatoms. The third-order valence-corrected chi connectivity index (χ3v) is 9.62.